The van der Waals surface area contributed by atoms with Gasteiger partial charge in [0.15, 0.2) is 18.1 Å². The topological polar surface area (TPSA) is 77.4 Å². The van der Waals surface area contributed by atoms with Gasteiger partial charge in [0.2, 0.25) is 0 Å². The van der Waals surface area contributed by atoms with Crippen molar-refractivity contribution in [1.82, 2.24) is 5.01 Å². The van der Waals surface area contributed by atoms with Crippen molar-refractivity contribution in [3.05, 3.63) is 46.2 Å². The minimum Gasteiger partial charge on any atom is -0.493 e. The van der Waals surface area contributed by atoms with Gasteiger partial charge in [-0.1, -0.05) is 31.4 Å². The standard InChI is InChI=1S/C24H28N2O5S/c1-29-20-11-10-17(13-21(20)30-2)19-14-18(22-9-6-12-32-22)25-26(19)23(27)15-31-24(28)16-7-4-3-5-8-16/h6,9-13,16,19H,3-5,7-8,14-15H2,1-2H3/t19-/m1/s1. The first-order valence-electron chi connectivity index (χ1n) is 10.9. The van der Waals surface area contributed by atoms with Crippen LogP contribution in [-0.4, -0.2) is 43.4 Å². The van der Waals surface area contributed by atoms with E-state index in [9.17, 15) is 9.59 Å². The molecule has 0 N–H and O–H groups in total. The molecule has 170 valence electrons. The zero-order valence-electron chi connectivity index (χ0n) is 18.4. The molecular weight excluding hydrogens is 428 g/mol. The normalized spacial score (nSPS) is 18.9. The quantitative estimate of drug-likeness (QED) is 0.571. The molecule has 1 fully saturated rings. The highest BCUT2D eigenvalue weighted by atomic mass is 32.1. The number of esters is 1. The van der Waals surface area contributed by atoms with Gasteiger partial charge in [-0.2, -0.15) is 5.10 Å². The minimum absolute atomic E-state index is 0.0954. The van der Waals surface area contributed by atoms with Gasteiger partial charge < -0.3 is 14.2 Å². The van der Waals surface area contributed by atoms with Crippen LogP contribution in [0, 0.1) is 5.92 Å². The maximum atomic E-state index is 13.1. The molecule has 1 atom stereocenters. The van der Waals surface area contributed by atoms with Crippen LogP contribution in [-0.2, 0) is 14.3 Å². The van der Waals surface area contributed by atoms with E-state index < -0.39 is 0 Å². The van der Waals surface area contributed by atoms with E-state index in [1.807, 2.05) is 35.7 Å². The number of hydrazone groups is 1. The van der Waals surface area contributed by atoms with Crippen LogP contribution in [0.3, 0.4) is 0 Å². The van der Waals surface area contributed by atoms with E-state index in [1.165, 1.54) is 5.01 Å². The lowest BCUT2D eigenvalue weighted by atomic mass is 9.89. The van der Waals surface area contributed by atoms with Crippen molar-refractivity contribution in [3.63, 3.8) is 0 Å². The molecule has 1 aromatic heterocycles. The van der Waals surface area contributed by atoms with Crippen LogP contribution in [0.1, 0.15) is 55.0 Å². The summed E-state index contributed by atoms with van der Waals surface area (Å²) in [4.78, 5) is 26.5. The van der Waals surface area contributed by atoms with Gasteiger partial charge in [0.05, 0.1) is 36.8 Å². The SMILES string of the molecule is COc1ccc([C@H]2CC(c3cccs3)=NN2C(=O)COC(=O)C2CCCCC2)cc1OC. The lowest BCUT2D eigenvalue weighted by Gasteiger charge is -2.24. The van der Waals surface area contributed by atoms with E-state index in [0.29, 0.717) is 17.9 Å². The molecule has 0 unspecified atom stereocenters. The van der Waals surface area contributed by atoms with Gasteiger partial charge in [-0.15, -0.1) is 11.3 Å². The van der Waals surface area contributed by atoms with Crippen LogP contribution in [0.4, 0.5) is 0 Å². The number of thiophene rings is 1. The molecule has 1 aliphatic carbocycles. The Labute approximate surface area is 192 Å². The third kappa shape index (κ3) is 4.80. The molecule has 0 radical (unpaired) electrons. The lowest BCUT2D eigenvalue weighted by molar-refractivity contribution is -0.157. The molecular formula is C24H28N2O5S. The highest BCUT2D eigenvalue weighted by molar-refractivity contribution is 7.12. The minimum atomic E-state index is -0.333. The predicted molar refractivity (Wildman–Crippen MR) is 122 cm³/mol. The molecule has 4 rings (SSSR count). The zero-order valence-corrected chi connectivity index (χ0v) is 19.2. The number of hydrogen-bond donors (Lipinski definition) is 0. The van der Waals surface area contributed by atoms with E-state index in [1.54, 1.807) is 25.6 Å². The average Bonchev–Trinajstić information content (AvgIpc) is 3.52. The summed E-state index contributed by atoms with van der Waals surface area (Å²) in [5.74, 6) is 0.503. The largest absolute Gasteiger partial charge is 0.493 e. The summed E-state index contributed by atoms with van der Waals surface area (Å²) in [6.07, 6.45) is 5.48. The van der Waals surface area contributed by atoms with E-state index in [4.69, 9.17) is 14.2 Å². The highest BCUT2D eigenvalue weighted by Gasteiger charge is 2.35. The Balaban J connectivity index is 1.53. The van der Waals surface area contributed by atoms with Gasteiger partial charge in [-0.25, -0.2) is 5.01 Å². The number of carbonyl (C=O) groups is 2. The molecule has 1 aliphatic heterocycles. The summed E-state index contributed by atoms with van der Waals surface area (Å²) in [6.45, 7) is -0.305. The highest BCUT2D eigenvalue weighted by Crippen LogP contribution is 2.38. The van der Waals surface area contributed by atoms with Crippen molar-refractivity contribution in [3.8, 4) is 11.5 Å². The maximum absolute atomic E-state index is 13.1. The third-order valence-electron chi connectivity index (χ3n) is 6.04. The van der Waals surface area contributed by atoms with Gasteiger partial charge >= 0.3 is 5.97 Å². The van der Waals surface area contributed by atoms with Gasteiger partial charge in [-0.3, -0.25) is 9.59 Å². The summed E-state index contributed by atoms with van der Waals surface area (Å²) in [5, 5.41) is 8.06. The first kappa shape index (κ1) is 22.3. The number of ether oxygens (including phenoxy) is 3. The molecule has 0 spiro atoms. The van der Waals surface area contributed by atoms with Gasteiger partial charge in [-0.05, 0) is 42.0 Å². The summed E-state index contributed by atoms with van der Waals surface area (Å²) in [6, 6.07) is 9.24. The second-order valence-corrected chi connectivity index (χ2v) is 8.99. The second-order valence-electron chi connectivity index (χ2n) is 8.04. The van der Waals surface area contributed by atoms with Crippen LogP contribution in [0.25, 0.3) is 0 Å². The summed E-state index contributed by atoms with van der Waals surface area (Å²) < 4.78 is 16.2. The molecule has 1 aromatic carbocycles. The molecule has 1 amide bonds. The molecule has 1 saturated carbocycles. The molecule has 0 saturated heterocycles. The zero-order chi connectivity index (χ0) is 22.5. The van der Waals surface area contributed by atoms with Crippen LogP contribution in [0.15, 0.2) is 40.8 Å². The summed E-state index contributed by atoms with van der Waals surface area (Å²) >= 11 is 1.58. The van der Waals surface area contributed by atoms with Crippen molar-refractivity contribution >= 4 is 28.9 Å². The number of benzene rings is 1. The van der Waals surface area contributed by atoms with Crippen molar-refractivity contribution in [2.24, 2.45) is 11.0 Å². The number of nitrogens with zero attached hydrogens (tertiary/aromatic N) is 2. The van der Waals surface area contributed by atoms with Crippen LogP contribution in [0.5, 0.6) is 11.5 Å². The van der Waals surface area contributed by atoms with E-state index in [0.717, 1.165) is 48.3 Å². The Bertz CT molecular complexity index is 982. The molecule has 0 bridgehead atoms. The Kier molecular flexibility index (Phi) is 7.09. The number of rotatable bonds is 7. The molecule has 7 nitrogen and oxygen atoms in total. The Hall–Kier alpha value is -2.87. The van der Waals surface area contributed by atoms with Gasteiger partial charge in [0, 0.05) is 6.42 Å². The molecule has 2 aliphatic rings. The molecule has 2 heterocycles. The molecule has 2 aromatic rings. The Morgan fingerprint density at radius 3 is 2.56 bits per heavy atom. The van der Waals surface area contributed by atoms with Crippen LogP contribution < -0.4 is 9.47 Å². The summed E-state index contributed by atoms with van der Waals surface area (Å²) in [5.41, 5.74) is 1.72. The number of amides is 1. The maximum Gasteiger partial charge on any atom is 0.309 e. The van der Waals surface area contributed by atoms with Crippen molar-refractivity contribution < 1.29 is 23.8 Å². The monoisotopic (exact) mass is 456 g/mol. The number of methoxy groups -OCH3 is 2. The molecule has 8 heteroatoms. The van der Waals surface area contributed by atoms with Crippen molar-refractivity contribution in [1.29, 1.82) is 0 Å². The van der Waals surface area contributed by atoms with E-state index in [2.05, 4.69) is 5.10 Å². The second kappa shape index (κ2) is 10.2. The van der Waals surface area contributed by atoms with E-state index >= 15 is 0 Å². The predicted octanol–water partition coefficient (Wildman–Crippen LogP) is 4.57. The number of hydrogen-bond acceptors (Lipinski definition) is 7. The first-order valence-corrected chi connectivity index (χ1v) is 11.8. The van der Waals surface area contributed by atoms with Crippen molar-refractivity contribution in [2.75, 3.05) is 20.8 Å². The summed E-state index contributed by atoms with van der Waals surface area (Å²) in [7, 11) is 3.17. The number of carbonyl (C=O) groups excluding carboxylic acids is 2. The van der Waals surface area contributed by atoms with Crippen LogP contribution >= 0.6 is 11.3 Å². The van der Waals surface area contributed by atoms with E-state index in [-0.39, 0.29) is 30.4 Å². The first-order chi connectivity index (χ1) is 15.6. The fraction of sp³-hybridized carbons (Fsp3) is 0.458. The average molecular weight is 457 g/mol. The fourth-order valence-corrected chi connectivity index (χ4v) is 5.03. The van der Waals surface area contributed by atoms with Crippen LogP contribution in [0.2, 0.25) is 0 Å². The third-order valence-corrected chi connectivity index (χ3v) is 6.96. The Morgan fingerprint density at radius 1 is 1.09 bits per heavy atom. The Morgan fingerprint density at radius 2 is 1.88 bits per heavy atom. The fourth-order valence-electron chi connectivity index (χ4n) is 4.31. The lowest BCUT2D eigenvalue weighted by Crippen LogP contribution is -2.32. The van der Waals surface area contributed by atoms with Crippen molar-refractivity contribution in [2.45, 2.75) is 44.6 Å². The van der Waals surface area contributed by atoms with Gasteiger partial charge in [0.1, 0.15) is 0 Å². The van der Waals surface area contributed by atoms with Gasteiger partial charge in [0.25, 0.3) is 5.91 Å². The molecule has 32 heavy (non-hydrogen) atoms. The smallest absolute Gasteiger partial charge is 0.309 e.